The second-order valence-electron chi connectivity index (χ2n) is 4.33. The minimum atomic E-state index is -0.282. The quantitative estimate of drug-likeness (QED) is 0.800. The molecule has 1 aromatic rings. The molecule has 0 saturated carbocycles. The predicted molar refractivity (Wildman–Crippen MR) is 64.7 cm³/mol. The molecule has 16 heavy (non-hydrogen) atoms. The Morgan fingerprint density at radius 3 is 2.69 bits per heavy atom. The number of hydrogen-bond donors (Lipinski definition) is 1. The zero-order chi connectivity index (χ0) is 12.0. The normalized spacial score (nSPS) is 14.8. The summed E-state index contributed by atoms with van der Waals surface area (Å²) in [4.78, 5) is 4.07. The van der Waals surface area contributed by atoms with Crippen LogP contribution in [0.2, 0.25) is 0 Å². The summed E-state index contributed by atoms with van der Waals surface area (Å²) in [5.41, 5.74) is 0.893. The van der Waals surface area contributed by atoms with Crippen molar-refractivity contribution in [2.45, 2.75) is 52.1 Å². The Morgan fingerprint density at radius 2 is 2.12 bits per heavy atom. The summed E-state index contributed by atoms with van der Waals surface area (Å²) in [7, 11) is 0. The van der Waals surface area contributed by atoms with Crippen molar-refractivity contribution < 1.29 is 4.39 Å². The first-order chi connectivity index (χ1) is 7.63. The summed E-state index contributed by atoms with van der Waals surface area (Å²) in [6, 6.07) is 3.84. The average Bonchev–Trinajstić information content (AvgIpc) is 2.27. The fourth-order valence-corrected chi connectivity index (χ4v) is 1.75. The summed E-state index contributed by atoms with van der Waals surface area (Å²) in [5.74, 6) is -0.282. The van der Waals surface area contributed by atoms with Gasteiger partial charge in [0.1, 0.15) is 5.82 Å². The van der Waals surface area contributed by atoms with Crippen molar-refractivity contribution in [3.63, 3.8) is 0 Å². The van der Waals surface area contributed by atoms with Gasteiger partial charge in [-0.3, -0.25) is 4.98 Å². The van der Waals surface area contributed by atoms with Gasteiger partial charge in [0.15, 0.2) is 0 Å². The molecule has 0 bridgehead atoms. The summed E-state index contributed by atoms with van der Waals surface area (Å²) in [6.07, 6.45) is 4.89. The fourth-order valence-electron chi connectivity index (χ4n) is 1.75. The Hall–Kier alpha value is -0.960. The molecule has 2 unspecified atom stereocenters. The molecule has 0 fully saturated rings. The van der Waals surface area contributed by atoms with E-state index in [9.17, 15) is 4.39 Å². The van der Waals surface area contributed by atoms with Gasteiger partial charge in [-0.25, -0.2) is 4.39 Å². The Bertz CT molecular complexity index is 297. The van der Waals surface area contributed by atoms with Crippen molar-refractivity contribution in [3.8, 4) is 0 Å². The third-order valence-electron chi connectivity index (χ3n) is 2.72. The summed E-state index contributed by atoms with van der Waals surface area (Å²) in [6.45, 7) is 6.43. The van der Waals surface area contributed by atoms with Crippen molar-refractivity contribution in [2.24, 2.45) is 0 Å². The van der Waals surface area contributed by atoms with Crippen molar-refractivity contribution >= 4 is 0 Å². The van der Waals surface area contributed by atoms with Gasteiger partial charge in [-0.05, 0) is 32.4 Å². The van der Waals surface area contributed by atoms with Crippen LogP contribution in [-0.4, -0.2) is 11.0 Å². The topological polar surface area (TPSA) is 24.9 Å². The van der Waals surface area contributed by atoms with Crippen LogP contribution < -0.4 is 5.32 Å². The van der Waals surface area contributed by atoms with Crippen molar-refractivity contribution in [1.82, 2.24) is 10.3 Å². The van der Waals surface area contributed by atoms with Gasteiger partial charge >= 0.3 is 0 Å². The van der Waals surface area contributed by atoms with E-state index in [1.807, 2.05) is 0 Å². The highest BCUT2D eigenvalue weighted by atomic mass is 19.1. The van der Waals surface area contributed by atoms with Gasteiger partial charge < -0.3 is 5.32 Å². The lowest BCUT2D eigenvalue weighted by Crippen LogP contribution is -2.29. The molecule has 0 radical (unpaired) electrons. The van der Waals surface area contributed by atoms with E-state index in [2.05, 4.69) is 31.1 Å². The molecule has 0 spiro atoms. The molecule has 0 saturated heterocycles. The van der Waals surface area contributed by atoms with Gasteiger partial charge in [0.25, 0.3) is 0 Å². The third-order valence-corrected chi connectivity index (χ3v) is 2.72. The number of nitrogens with one attached hydrogen (secondary N) is 1. The van der Waals surface area contributed by atoms with Crippen molar-refractivity contribution in [1.29, 1.82) is 0 Å². The maximum Gasteiger partial charge on any atom is 0.141 e. The number of aromatic nitrogens is 1. The Labute approximate surface area is 97.3 Å². The molecule has 2 atom stereocenters. The molecular formula is C13H21FN2. The van der Waals surface area contributed by atoms with E-state index in [-0.39, 0.29) is 11.9 Å². The first-order valence-electron chi connectivity index (χ1n) is 6.01. The fraction of sp³-hybridized carbons (Fsp3) is 0.615. The molecule has 1 rings (SSSR count). The molecule has 0 amide bonds. The van der Waals surface area contributed by atoms with Crippen molar-refractivity contribution in [2.75, 3.05) is 0 Å². The Balaban J connectivity index is 2.45. The highest BCUT2D eigenvalue weighted by Crippen LogP contribution is 2.12. The van der Waals surface area contributed by atoms with E-state index in [4.69, 9.17) is 0 Å². The molecule has 3 heteroatoms. The number of hydrogen-bond acceptors (Lipinski definition) is 2. The number of halogens is 1. The first kappa shape index (κ1) is 13.1. The Kier molecular flexibility index (Phi) is 5.39. The molecule has 2 nitrogen and oxygen atoms in total. The van der Waals surface area contributed by atoms with Crippen LogP contribution in [0.25, 0.3) is 0 Å². The van der Waals surface area contributed by atoms with Gasteiger partial charge in [-0.15, -0.1) is 0 Å². The highest BCUT2D eigenvalue weighted by molar-refractivity contribution is 5.09. The zero-order valence-corrected chi connectivity index (χ0v) is 10.3. The van der Waals surface area contributed by atoms with E-state index in [1.165, 1.54) is 31.5 Å². The van der Waals surface area contributed by atoms with Gasteiger partial charge in [-0.1, -0.05) is 19.8 Å². The lowest BCUT2D eigenvalue weighted by molar-refractivity contribution is 0.438. The lowest BCUT2D eigenvalue weighted by atomic mass is 10.1. The molecule has 1 aromatic heterocycles. The standard InChI is InChI=1S/C13H21FN2/c1-4-5-6-10(2)16-11(3)13-8-7-12(14)9-15-13/h7-11,16H,4-6H2,1-3H3. The van der Waals surface area contributed by atoms with Crippen LogP contribution in [0.1, 0.15) is 51.8 Å². The summed E-state index contributed by atoms with van der Waals surface area (Å²) in [5, 5.41) is 3.47. The van der Waals surface area contributed by atoms with Crippen LogP contribution >= 0.6 is 0 Å². The van der Waals surface area contributed by atoms with Crippen LogP contribution in [0.5, 0.6) is 0 Å². The predicted octanol–water partition coefficient (Wildman–Crippen LogP) is 3.45. The summed E-state index contributed by atoms with van der Waals surface area (Å²) < 4.78 is 12.7. The molecule has 1 heterocycles. The molecule has 0 aliphatic heterocycles. The van der Waals surface area contributed by atoms with E-state index in [0.717, 1.165) is 5.69 Å². The minimum absolute atomic E-state index is 0.174. The second kappa shape index (κ2) is 6.59. The van der Waals surface area contributed by atoms with Gasteiger partial charge in [0.05, 0.1) is 11.9 Å². The number of rotatable bonds is 6. The average molecular weight is 224 g/mol. The smallest absolute Gasteiger partial charge is 0.141 e. The van der Waals surface area contributed by atoms with Crippen LogP contribution in [-0.2, 0) is 0 Å². The molecule has 0 aliphatic rings. The number of nitrogens with zero attached hydrogens (tertiary/aromatic N) is 1. The van der Waals surface area contributed by atoms with Gasteiger partial charge in [-0.2, -0.15) is 0 Å². The van der Waals surface area contributed by atoms with E-state index in [0.29, 0.717) is 6.04 Å². The van der Waals surface area contributed by atoms with Crippen LogP contribution in [0.3, 0.4) is 0 Å². The van der Waals surface area contributed by atoms with Crippen molar-refractivity contribution in [3.05, 3.63) is 29.8 Å². The molecular weight excluding hydrogens is 203 g/mol. The molecule has 1 N–H and O–H groups in total. The SMILES string of the molecule is CCCCC(C)NC(C)c1ccc(F)cn1. The van der Waals surface area contributed by atoms with E-state index < -0.39 is 0 Å². The molecule has 0 aromatic carbocycles. The van der Waals surface area contributed by atoms with Gasteiger partial charge in [0.2, 0.25) is 0 Å². The molecule has 90 valence electrons. The largest absolute Gasteiger partial charge is 0.306 e. The Morgan fingerprint density at radius 1 is 1.38 bits per heavy atom. The summed E-state index contributed by atoms with van der Waals surface area (Å²) >= 11 is 0. The van der Waals surface area contributed by atoms with E-state index in [1.54, 1.807) is 6.07 Å². The lowest BCUT2D eigenvalue weighted by Gasteiger charge is -2.19. The number of pyridine rings is 1. The maximum absolute atomic E-state index is 12.7. The van der Waals surface area contributed by atoms with Crippen LogP contribution in [0, 0.1) is 5.82 Å². The van der Waals surface area contributed by atoms with E-state index >= 15 is 0 Å². The second-order valence-corrected chi connectivity index (χ2v) is 4.33. The monoisotopic (exact) mass is 224 g/mol. The van der Waals surface area contributed by atoms with Crippen LogP contribution in [0.15, 0.2) is 18.3 Å². The highest BCUT2D eigenvalue weighted by Gasteiger charge is 2.10. The minimum Gasteiger partial charge on any atom is -0.306 e. The number of unbranched alkanes of at least 4 members (excludes halogenated alkanes) is 1. The zero-order valence-electron chi connectivity index (χ0n) is 10.3. The molecule has 0 aliphatic carbocycles. The van der Waals surface area contributed by atoms with Crippen LogP contribution in [0.4, 0.5) is 4.39 Å². The third kappa shape index (κ3) is 4.27. The maximum atomic E-state index is 12.7. The van der Waals surface area contributed by atoms with Gasteiger partial charge in [0, 0.05) is 12.1 Å². The first-order valence-corrected chi connectivity index (χ1v) is 6.01.